The molecule has 0 aliphatic rings. The van der Waals surface area contributed by atoms with Crippen LogP contribution in [0.2, 0.25) is 0 Å². The van der Waals surface area contributed by atoms with Gasteiger partial charge in [-0.3, -0.25) is 9.59 Å². The minimum absolute atomic E-state index is 0.223. The van der Waals surface area contributed by atoms with Gasteiger partial charge < -0.3 is 20.5 Å². The molecule has 0 aliphatic heterocycles. The standard InChI is InChI=1S/C24H21F3N2O4/c1-33-20-12-10-19(11-13-20)28-23(32)21(14-30)29-22(31)17-4-2-15(3-5-17)16-6-8-18(9-7-16)24(25,26)27/h2-13,21,30H,14H2,1H3,(H,28,32)(H,29,31). The Labute approximate surface area is 188 Å². The molecule has 0 saturated heterocycles. The topological polar surface area (TPSA) is 87.7 Å². The number of hydrogen-bond acceptors (Lipinski definition) is 4. The molecule has 0 heterocycles. The van der Waals surface area contributed by atoms with E-state index in [0.717, 1.165) is 12.1 Å². The quantitative estimate of drug-likeness (QED) is 0.497. The van der Waals surface area contributed by atoms with E-state index >= 15 is 0 Å². The number of anilines is 1. The molecule has 0 aliphatic carbocycles. The van der Waals surface area contributed by atoms with E-state index in [2.05, 4.69) is 10.6 Å². The van der Waals surface area contributed by atoms with E-state index in [0.29, 0.717) is 22.6 Å². The molecule has 0 aromatic heterocycles. The number of carbonyl (C=O) groups excluding carboxylic acids is 2. The lowest BCUT2D eigenvalue weighted by Gasteiger charge is -2.16. The van der Waals surface area contributed by atoms with E-state index < -0.39 is 36.2 Å². The first-order chi connectivity index (χ1) is 15.7. The Balaban J connectivity index is 1.64. The van der Waals surface area contributed by atoms with Crippen molar-refractivity contribution in [3.8, 4) is 16.9 Å². The van der Waals surface area contributed by atoms with Crippen LogP contribution >= 0.6 is 0 Å². The molecule has 0 radical (unpaired) electrons. The van der Waals surface area contributed by atoms with Gasteiger partial charge in [-0.2, -0.15) is 13.2 Å². The number of aliphatic hydroxyl groups is 1. The van der Waals surface area contributed by atoms with Crippen molar-refractivity contribution in [2.24, 2.45) is 0 Å². The molecule has 0 fully saturated rings. The SMILES string of the molecule is COc1ccc(NC(=O)C(CO)NC(=O)c2ccc(-c3ccc(C(F)(F)F)cc3)cc2)cc1. The third-order valence-corrected chi connectivity index (χ3v) is 4.85. The zero-order chi connectivity index (χ0) is 24.0. The summed E-state index contributed by atoms with van der Waals surface area (Å²) in [5.74, 6) is -0.574. The first kappa shape index (κ1) is 23.8. The average molecular weight is 458 g/mol. The lowest BCUT2D eigenvalue weighted by molar-refractivity contribution is -0.137. The van der Waals surface area contributed by atoms with Crippen molar-refractivity contribution < 1.29 is 32.6 Å². The zero-order valence-electron chi connectivity index (χ0n) is 17.5. The number of alkyl halides is 3. The van der Waals surface area contributed by atoms with Crippen molar-refractivity contribution >= 4 is 17.5 Å². The van der Waals surface area contributed by atoms with E-state index in [1.807, 2.05) is 0 Å². The highest BCUT2D eigenvalue weighted by molar-refractivity contribution is 6.01. The minimum Gasteiger partial charge on any atom is -0.497 e. The van der Waals surface area contributed by atoms with Crippen molar-refractivity contribution in [3.63, 3.8) is 0 Å². The Kier molecular flexibility index (Phi) is 7.34. The Morgan fingerprint density at radius 1 is 0.909 bits per heavy atom. The number of amides is 2. The summed E-state index contributed by atoms with van der Waals surface area (Å²) >= 11 is 0. The number of carbonyl (C=O) groups is 2. The maximum absolute atomic E-state index is 12.7. The molecule has 2 amide bonds. The highest BCUT2D eigenvalue weighted by atomic mass is 19.4. The molecule has 3 rings (SSSR count). The smallest absolute Gasteiger partial charge is 0.416 e. The van der Waals surface area contributed by atoms with Gasteiger partial charge in [0.1, 0.15) is 11.8 Å². The van der Waals surface area contributed by atoms with Gasteiger partial charge in [-0.05, 0) is 59.7 Å². The van der Waals surface area contributed by atoms with Crippen molar-refractivity contribution in [2.75, 3.05) is 19.0 Å². The van der Waals surface area contributed by atoms with Gasteiger partial charge in [0.2, 0.25) is 5.91 Å². The van der Waals surface area contributed by atoms with E-state index in [4.69, 9.17) is 4.74 Å². The van der Waals surface area contributed by atoms with Gasteiger partial charge in [0.05, 0.1) is 19.3 Å². The second-order valence-corrected chi connectivity index (χ2v) is 7.08. The van der Waals surface area contributed by atoms with Crippen LogP contribution in [0.3, 0.4) is 0 Å². The van der Waals surface area contributed by atoms with Gasteiger partial charge in [0.25, 0.3) is 5.91 Å². The number of ether oxygens (including phenoxy) is 1. The van der Waals surface area contributed by atoms with Gasteiger partial charge in [0.15, 0.2) is 0 Å². The van der Waals surface area contributed by atoms with Crippen molar-refractivity contribution in [1.29, 1.82) is 0 Å². The molecule has 0 bridgehead atoms. The van der Waals surface area contributed by atoms with Crippen molar-refractivity contribution in [3.05, 3.63) is 83.9 Å². The molecule has 172 valence electrons. The van der Waals surface area contributed by atoms with Crippen LogP contribution in [-0.2, 0) is 11.0 Å². The minimum atomic E-state index is -4.41. The highest BCUT2D eigenvalue weighted by Crippen LogP contribution is 2.31. The van der Waals surface area contributed by atoms with Crippen LogP contribution < -0.4 is 15.4 Å². The van der Waals surface area contributed by atoms with E-state index in [1.54, 1.807) is 36.4 Å². The molecule has 3 aromatic rings. The number of aliphatic hydroxyl groups excluding tert-OH is 1. The van der Waals surface area contributed by atoms with Gasteiger partial charge in [-0.25, -0.2) is 0 Å². The Hall–Kier alpha value is -3.85. The zero-order valence-corrected chi connectivity index (χ0v) is 17.5. The highest BCUT2D eigenvalue weighted by Gasteiger charge is 2.30. The molecule has 3 aromatic carbocycles. The third kappa shape index (κ3) is 6.11. The maximum atomic E-state index is 12.7. The van der Waals surface area contributed by atoms with Crippen LogP contribution in [0.5, 0.6) is 5.75 Å². The van der Waals surface area contributed by atoms with Crippen LogP contribution in [0.1, 0.15) is 15.9 Å². The third-order valence-electron chi connectivity index (χ3n) is 4.85. The first-order valence-electron chi connectivity index (χ1n) is 9.85. The molecule has 0 saturated carbocycles. The number of halogens is 3. The fourth-order valence-electron chi connectivity index (χ4n) is 3.01. The lowest BCUT2D eigenvalue weighted by Crippen LogP contribution is -2.46. The van der Waals surface area contributed by atoms with Gasteiger partial charge in [0, 0.05) is 11.3 Å². The molecule has 3 N–H and O–H groups in total. The summed E-state index contributed by atoms with van der Waals surface area (Å²) in [6.07, 6.45) is -4.41. The summed E-state index contributed by atoms with van der Waals surface area (Å²) in [7, 11) is 1.51. The van der Waals surface area contributed by atoms with Gasteiger partial charge >= 0.3 is 6.18 Å². The predicted octanol–water partition coefficient (Wildman–Crippen LogP) is 4.11. The van der Waals surface area contributed by atoms with Crippen molar-refractivity contribution in [1.82, 2.24) is 5.32 Å². The number of methoxy groups -OCH3 is 1. The summed E-state index contributed by atoms with van der Waals surface area (Å²) < 4.78 is 43.2. The van der Waals surface area contributed by atoms with Gasteiger partial charge in [-0.1, -0.05) is 24.3 Å². The predicted molar refractivity (Wildman–Crippen MR) is 117 cm³/mol. The number of nitrogens with one attached hydrogen (secondary N) is 2. The molecular weight excluding hydrogens is 437 g/mol. The monoisotopic (exact) mass is 458 g/mol. The summed E-state index contributed by atoms with van der Waals surface area (Å²) in [4.78, 5) is 24.9. The van der Waals surface area contributed by atoms with Crippen LogP contribution in [0.25, 0.3) is 11.1 Å². The molecule has 1 atom stereocenters. The molecule has 1 unspecified atom stereocenters. The van der Waals surface area contributed by atoms with Crippen LogP contribution in [0.4, 0.5) is 18.9 Å². The Morgan fingerprint density at radius 3 is 1.94 bits per heavy atom. The van der Waals surface area contributed by atoms with Crippen molar-refractivity contribution in [2.45, 2.75) is 12.2 Å². The fraction of sp³-hybridized carbons (Fsp3) is 0.167. The number of hydrogen-bond donors (Lipinski definition) is 3. The second-order valence-electron chi connectivity index (χ2n) is 7.08. The van der Waals surface area contributed by atoms with E-state index in [1.165, 1.54) is 31.4 Å². The molecule has 0 spiro atoms. The summed E-state index contributed by atoms with van der Waals surface area (Å²) in [6.45, 7) is -0.614. The molecule has 9 heteroatoms. The summed E-state index contributed by atoms with van der Waals surface area (Å²) in [5, 5.41) is 14.6. The van der Waals surface area contributed by atoms with E-state index in [9.17, 15) is 27.9 Å². The molecule has 33 heavy (non-hydrogen) atoms. The summed E-state index contributed by atoms with van der Waals surface area (Å²) in [5.41, 5.74) is 1.12. The maximum Gasteiger partial charge on any atom is 0.416 e. The largest absolute Gasteiger partial charge is 0.497 e. The molecular formula is C24H21F3N2O4. The normalized spacial score (nSPS) is 12.0. The Morgan fingerprint density at radius 2 is 1.45 bits per heavy atom. The van der Waals surface area contributed by atoms with E-state index in [-0.39, 0.29) is 5.56 Å². The lowest BCUT2D eigenvalue weighted by atomic mass is 10.0. The fourth-order valence-corrected chi connectivity index (χ4v) is 3.01. The molecule has 6 nitrogen and oxygen atoms in total. The first-order valence-corrected chi connectivity index (χ1v) is 9.85. The number of benzene rings is 3. The Bertz CT molecular complexity index is 1100. The van der Waals surface area contributed by atoms with Crippen LogP contribution in [-0.4, -0.2) is 36.7 Å². The second kappa shape index (κ2) is 10.2. The van der Waals surface area contributed by atoms with Gasteiger partial charge in [-0.15, -0.1) is 0 Å². The van der Waals surface area contributed by atoms with Crippen LogP contribution in [0.15, 0.2) is 72.8 Å². The average Bonchev–Trinajstić information content (AvgIpc) is 2.82. The number of rotatable bonds is 7. The van der Waals surface area contributed by atoms with Crippen LogP contribution in [0, 0.1) is 0 Å². The summed E-state index contributed by atoms with van der Waals surface area (Å²) in [6, 6.07) is 16.2.